The highest BCUT2D eigenvalue weighted by Crippen LogP contribution is 2.39. The number of Topliss-reactive ketones (excluding diaryl/α,β-unsaturated/α-hetero) is 1. The van der Waals surface area contributed by atoms with Gasteiger partial charge in [-0.05, 0) is 60.4 Å². The maximum atomic E-state index is 13.3. The van der Waals surface area contributed by atoms with Crippen LogP contribution in [0.5, 0.6) is 5.75 Å². The number of aliphatic hydroxyl groups is 1. The van der Waals surface area contributed by atoms with Crippen molar-refractivity contribution in [2.45, 2.75) is 26.0 Å². The van der Waals surface area contributed by atoms with Gasteiger partial charge in [0.2, 0.25) is 0 Å². The lowest BCUT2D eigenvalue weighted by Crippen LogP contribution is -2.38. The van der Waals surface area contributed by atoms with Crippen LogP contribution in [0, 0.1) is 6.92 Å². The summed E-state index contributed by atoms with van der Waals surface area (Å²) >= 11 is 0. The number of amides is 1. The number of aryl methyl sites for hydroxylation is 1. The van der Waals surface area contributed by atoms with Crippen LogP contribution in [0.2, 0.25) is 0 Å². The zero-order valence-electron chi connectivity index (χ0n) is 22.1. The minimum atomic E-state index is -0.688. The molecule has 1 aromatic heterocycles. The molecule has 1 N–H and O–H groups in total. The zero-order chi connectivity index (χ0) is 27.2. The van der Waals surface area contributed by atoms with Crippen LogP contribution in [0.1, 0.15) is 34.7 Å². The highest BCUT2D eigenvalue weighted by molar-refractivity contribution is 6.46. The number of pyridine rings is 1. The Morgan fingerprint density at radius 2 is 1.77 bits per heavy atom. The molecule has 2 aliphatic heterocycles. The van der Waals surface area contributed by atoms with Gasteiger partial charge in [0.15, 0.2) is 0 Å². The molecule has 2 fully saturated rings. The number of ketones is 1. The van der Waals surface area contributed by atoms with Gasteiger partial charge < -0.3 is 19.5 Å². The Morgan fingerprint density at radius 1 is 1.03 bits per heavy atom. The summed E-state index contributed by atoms with van der Waals surface area (Å²) in [6.07, 6.45) is 3.97. The van der Waals surface area contributed by atoms with E-state index >= 15 is 0 Å². The number of ether oxygens (including phenoxy) is 2. The first-order valence-electron chi connectivity index (χ1n) is 13.3. The SMILES string of the molecule is Cc1cc(/C(O)=C2/C(=O)C(=O)N(CCCN3CCOCC3)[C@@H]2c2ccncc2)ccc1OCc1ccccc1. The van der Waals surface area contributed by atoms with Crippen molar-refractivity contribution in [1.29, 1.82) is 0 Å². The molecule has 8 nitrogen and oxygen atoms in total. The van der Waals surface area contributed by atoms with Gasteiger partial charge in [0, 0.05) is 44.1 Å². The Balaban J connectivity index is 1.40. The molecular weight excluding hydrogens is 494 g/mol. The first kappa shape index (κ1) is 26.6. The van der Waals surface area contributed by atoms with E-state index in [2.05, 4.69) is 9.88 Å². The molecule has 2 aromatic carbocycles. The van der Waals surface area contributed by atoms with Gasteiger partial charge in [-0.3, -0.25) is 19.5 Å². The van der Waals surface area contributed by atoms with Crippen molar-refractivity contribution in [2.24, 2.45) is 0 Å². The minimum absolute atomic E-state index is 0.0925. The highest BCUT2D eigenvalue weighted by atomic mass is 16.5. The van der Waals surface area contributed by atoms with Gasteiger partial charge in [0.1, 0.15) is 18.1 Å². The number of morpholine rings is 1. The normalized spacial score (nSPS) is 19.4. The lowest BCUT2D eigenvalue weighted by Gasteiger charge is -2.29. The summed E-state index contributed by atoms with van der Waals surface area (Å²) in [5, 5.41) is 11.4. The number of carbonyl (C=O) groups is 2. The Hall–Kier alpha value is -4.01. The number of carbonyl (C=O) groups excluding carboxylic acids is 2. The van der Waals surface area contributed by atoms with E-state index in [0.29, 0.717) is 44.1 Å². The maximum Gasteiger partial charge on any atom is 0.295 e. The summed E-state index contributed by atoms with van der Waals surface area (Å²) in [4.78, 5) is 34.5. The lowest BCUT2D eigenvalue weighted by molar-refractivity contribution is -0.140. The topological polar surface area (TPSA) is 92.2 Å². The Bertz CT molecular complexity index is 1340. The third-order valence-electron chi connectivity index (χ3n) is 7.22. The zero-order valence-corrected chi connectivity index (χ0v) is 22.1. The minimum Gasteiger partial charge on any atom is -0.507 e. The Labute approximate surface area is 228 Å². The molecule has 0 bridgehead atoms. The molecule has 0 aliphatic carbocycles. The van der Waals surface area contributed by atoms with Crippen molar-refractivity contribution in [3.63, 3.8) is 0 Å². The van der Waals surface area contributed by atoms with Gasteiger partial charge in [0.05, 0.1) is 24.8 Å². The van der Waals surface area contributed by atoms with Crippen LogP contribution in [-0.4, -0.2) is 71.0 Å². The summed E-state index contributed by atoms with van der Waals surface area (Å²) in [6.45, 7) is 6.64. The molecule has 202 valence electrons. The summed E-state index contributed by atoms with van der Waals surface area (Å²) in [5.74, 6) is -0.782. The number of likely N-dealkylation sites (tertiary alicyclic amines) is 1. The number of hydrogen-bond acceptors (Lipinski definition) is 7. The second kappa shape index (κ2) is 12.2. The Morgan fingerprint density at radius 3 is 2.49 bits per heavy atom. The van der Waals surface area contributed by atoms with Crippen molar-refractivity contribution < 1.29 is 24.2 Å². The van der Waals surface area contributed by atoms with Crippen molar-refractivity contribution >= 4 is 17.4 Å². The van der Waals surface area contributed by atoms with E-state index in [1.165, 1.54) is 0 Å². The second-order valence-corrected chi connectivity index (χ2v) is 9.84. The fraction of sp³-hybridized carbons (Fsp3) is 0.323. The van der Waals surface area contributed by atoms with E-state index in [1.54, 1.807) is 47.6 Å². The van der Waals surface area contributed by atoms with E-state index in [9.17, 15) is 14.7 Å². The van der Waals surface area contributed by atoms with Crippen LogP contribution in [0.25, 0.3) is 5.76 Å². The van der Waals surface area contributed by atoms with Crippen LogP contribution >= 0.6 is 0 Å². The van der Waals surface area contributed by atoms with E-state index in [-0.39, 0.29) is 11.3 Å². The molecular formula is C31H33N3O5. The molecule has 0 saturated carbocycles. The van der Waals surface area contributed by atoms with Gasteiger partial charge in [0.25, 0.3) is 11.7 Å². The Kier molecular flexibility index (Phi) is 8.34. The number of rotatable bonds is 9. The van der Waals surface area contributed by atoms with Gasteiger partial charge in [-0.25, -0.2) is 0 Å². The molecule has 0 radical (unpaired) electrons. The molecule has 0 spiro atoms. The maximum absolute atomic E-state index is 13.3. The van der Waals surface area contributed by atoms with Crippen molar-refractivity contribution in [3.05, 3.63) is 101 Å². The van der Waals surface area contributed by atoms with Crippen LogP contribution in [0.15, 0.2) is 78.6 Å². The van der Waals surface area contributed by atoms with E-state index in [1.807, 2.05) is 37.3 Å². The molecule has 8 heteroatoms. The van der Waals surface area contributed by atoms with Crippen LogP contribution in [0.3, 0.4) is 0 Å². The molecule has 3 aromatic rings. The van der Waals surface area contributed by atoms with Gasteiger partial charge in [-0.1, -0.05) is 30.3 Å². The lowest BCUT2D eigenvalue weighted by atomic mass is 9.95. The summed E-state index contributed by atoms with van der Waals surface area (Å²) in [7, 11) is 0. The quantitative estimate of drug-likeness (QED) is 0.254. The van der Waals surface area contributed by atoms with Crippen LogP contribution in [0.4, 0.5) is 0 Å². The first-order chi connectivity index (χ1) is 19.0. The van der Waals surface area contributed by atoms with Gasteiger partial charge in [-0.15, -0.1) is 0 Å². The molecule has 39 heavy (non-hydrogen) atoms. The average molecular weight is 528 g/mol. The monoisotopic (exact) mass is 527 g/mol. The second-order valence-electron chi connectivity index (χ2n) is 9.84. The predicted octanol–water partition coefficient (Wildman–Crippen LogP) is 4.11. The molecule has 1 amide bonds. The number of nitrogens with zero attached hydrogens (tertiary/aromatic N) is 3. The largest absolute Gasteiger partial charge is 0.507 e. The third-order valence-corrected chi connectivity index (χ3v) is 7.22. The molecule has 5 rings (SSSR count). The van der Waals surface area contributed by atoms with E-state index < -0.39 is 17.7 Å². The van der Waals surface area contributed by atoms with Crippen LogP contribution < -0.4 is 4.74 Å². The average Bonchev–Trinajstić information content (AvgIpc) is 3.23. The van der Waals surface area contributed by atoms with Gasteiger partial charge >= 0.3 is 0 Å². The summed E-state index contributed by atoms with van der Waals surface area (Å²) in [6, 6.07) is 18.0. The summed E-state index contributed by atoms with van der Waals surface area (Å²) in [5.41, 5.74) is 3.15. The molecule has 2 aliphatic rings. The smallest absolute Gasteiger partial charge is 0.295 e. The number of aliphatic hydroxyl groups excluding tert-OH is 1. The molecule has 0 unspecified atom stereocenters. The van der Waals surface area contributed by atoms with Crippen molar-refractivity contribution in [2.75, 3.05) is 39.4 Å². The standard InChI is InChI=1S/C31H33N3O5/c1-22-20-25(8-9-26(22)39-21-23-6-3-2-4-7-23)29(35)27-28(24-10-12-32-13-11-24)34(31(37)30(27)36)15-5-14-33-16-18-38-19-17-33/h2-4,6-13,20,28,35H,5,14-19,21H2,1H3/b29-27-/t28-/m1/s1. The molecule has 2 saturated heterocycles. The fourth-order valence-electron chi connectivity index (χ4n) is 5.14. The fourth-order valence-corrected chi connectivity index (χ4v) is 5.14. The van der Waals surface area contributed by atoms with Crippen molar-refractivity contribution in [1.82, 2.24) is 14.8 Å². The van der Waals surface area contributed by atoms with E-state index in [4.69, 9.17) is 9.47 Å². The van der Waals surface area contributed by atoms with Crippen LogP contribution in [-0.2, 0) is 20.9 Å². The molecule has 3 heterocycles. The predicted molar refractivity (Wildman–Crippen MR) is 147 cm³/mol. The third kappa shape index (κ3) is 6.02. The number of benzene rings is 2. The van der Waals surface area contributed by atoms with Gasteiger partial charge in [-0.2, -0.15) is 0 Å². The summed E-state index contributed by atoms with van der Waals surface area (Å²) < 4.78 is 11.4. The first-order valence-corrected chi connectivity index (χ1v) is 13.3. The van der Waals surface area contributed by atoms with E-state index in [0.717, 1.165) is 36.3 Å². The molecule has 1 atom stereocenters. The number of hydrogen-bond donors (Lipinski definition) is 1. The number of aromatic nitrogens is 1. The van der Waals surface area contributed by atoms with Crippen molar-refractivity contribution in [3.8, 4) is 5.75 Å². The highest BCUT2D eigenvalue weighted by Gasteiger charge is 2.45.